The van der Waals surface area contributed by atoms with Crippen molar-refractivity contribution >= 4 is 16.8 Å². The molecule has 0 spiro atoms. The molecule has 0 aliphatic carbocycles. The van der Waals surface area contributed by atoms with Gasteiger partial charge in [0.05, 0.1) is 34.9 Å². The highest BCUT2D eigenvalue weighted by atomic mass is 19.4. The van der Waals surface area contributed by atoms with Crippen LogP contribution in [0.1, 0.15) is 41.6 Å². The van der Waals surface area contributed by atoms with Gasteiger partial charge in [0.25, 0.3) is 5.91 Å². The summed E-state index contributed by atoms with van der Waals surface area (Å²) in [5.74, 6) is -0.376. The summed E-state index contributed by atoms with van der Waals surface area (Å²) in [6, 6.07) is 2.93. The fourth-order valence-corrected chi connectivity index (χ4v) is 2.91. The molecule has 0 radical (unpaired) electrons. The van der Waals surface area contributed by atoms with Crippen molar-refractivity contribution in [3.63, 3.8) is 0 Å². The number of aliphatic hydroxyl groups is 1. The van der Waals surface area contributed by atoms with E-state index in [1.165, 1.54) is 12.4 Å². The van der Waals surface area contributed by atoms with Gasteiger partial charge < -0.3 is 15.2 Å². The molecule has 3 aromatic rings. The number of pyridine rings is 2. The second-order valence-electron chi connectivity index (χ2n) is 7.22. The molecule has 0 saturated heterocycles. The minimum absolute atomic E-state index is 0.0557. The van der Waals surface area contributed by atoms with Crippen molar-refractivity contribution in [1.82, 2.24) is 25.1 Å². The van der Waals surface area contributed by atoms with E-state index in [0.29, 0.717) is 22.2 Å². The van der Waals surface area contributed by atoms with Crippen LogP contribution in [0.2, 0.25) is 0 Å². The molecule has 0 fully saturated rings. The summed E-state index contributed by atoms with van der Waals surface area (Å²) >= 11 is 0. The molecular formula is C20H22F3N5O3. The van der Waals surface area contributed by atoms with E-state index in [1.807, 2.05) is 6.92 Å². The smallest absolute Gasteiger partial charge is 0.422 e. The van der Waals surface area contributed by atoms with Gasteiger partial charge in [0.15, 0.2) is 6.61 Å². The van der Waals surface area contributed by atoms with E-state index in [-0.39, 0.29) is 24.0 Å². The zero-order valence-electron chi connectivity index (χ0n) is 17.1. The molecule has 0 bridgehead atoms. The van der Waals surface area contributed by atoms with Gasteiger partial charge in [-0.05, 0) is 38.5 Å². The molecule has 0 aliphatic heterocycles. The summed E-state index contributed by atoms with van der Waals surface area (Å²) in [7, 11) is 0. The predicted molar refractivity (Wildman–Crippen MR) is 106 cm³/mol. The van der Waals surface area contributed by atoms with Crippen LogP contribution in [-0.2, 0) is 0 Å². The molecule has 0 aliphatic rings. The number of aromatic nitrogens is 4. The molecule has 3 rings (SSSR count). The number of rotatable bonds is 7. The van der Waals surface area contributed by atoms with E-state index in [1.54, 1.807) is 36.9 Å². The van der Waals surface area contributed by atoms with E-state index in [0.717, 1.165) is 0 Å². The van der Waals surface area contributed by atoms with Crippen LogP contribution < -0.4 is 10.1 Å². The number of ether oxygens (including phenoxy) is 1. The Labute approximate surface area is 176 Å². The topological polar surface area (TPSA) is 102 Å². The molecular weight excluding hydrogens is 415 g/mol. The normalized spacial score (nSPS) is 13.8. The van der Waals surface area contributed by atoms with Crippen LogP contribution in [0.15, 0.2) is 30.7 Å². The molecule has 2 unspecified atom stereocenters. The van der Waals surface area contributed by atoms with Crippen LogP contribution in [0, 0.1) is 6.92 Å². The second kappa shape index (κ2) is 8.88. The first kappa shape index (κ1) is 22.5. The van der Waals surface area contributed by atoms with Crippen LogP contribution in [0.4, 0.5) is 13.2 Å². The number of hydrogen-bond donors (Lipinski definition) is 2. The Kier molecular flexibility index (Phi) is 6.44. The number of alkyl halides is 3. The third kappa shape index (κ3) is 5.48. The number of hydrogen-bond acceptors (Lipinski definition) is 6. The molecule has 3 heterocycles. The highest BCUT2D eigenvalue weighted by Crippen LogP contribution is 2.26. The number of carbonyl (C=O) groups is 1. The molecule has 3 aromatic heterocycles. The SMILES string of the molecule is Cc1cc(C(C)n2cc3c(C(=O)NCC(C)O)nccc3n2)ncc1OCC(F)(F)F. The fraction of sp³-hybridized carbons (Fsp3) is 0.400. The third-order valence-electron chi connectivity index (χ3n) is 4.52. The third-order valence-corrected chi connectivity index (χ3v) is 4.52. The van der Waals surface area contributed by atoms with Crippen molar-refractivity contribution in [1.29, 1.82) is 0 Å². The molecule has 0 aromatic carbocycles. The van der Waals surface area contributed by atoms with Crippen molar-refractivity contribution < 1.29 is 27.8 Å². The summed E-state index contributed by atoms with van der Waals surface area (Å²) in [6.07, 6.45) is -0.733. The molecule has 8 nitrogen and oxygen atoms in total. The first-order valence-corrected chi connectivity index (χ1v) is 9.51. The highest BCUT2D eigenvalue weighted by molar-refractivity contribution is 6.04. The summed E-state index contributed by atoms with van der Waals surface area (Å²) < 4.78 is 43.5. The summed E-state index contributed by atoms with van der Waals surface area (Å²) in [6.45, 7) is 3.72. The number of nitrogens with zero attached hydrogens (tertiary/aromatic N) is 4. The lowest BCUT2D eigenvalue weighted by atomic mass is 10.1. The minimum atomic E-state index is -4.43. The van der Waals surface area contributed by atoms with Gasteiger partial charge in [0.1, 0.15) is 11.4 Å². The van der Waals surface area contributed by atoms with Gasteiger partial charge in [-0.25, -0.2) is 0 Å². The standard InChI is InChI=1S/C20H22F3N5O3/c1-11-6-16(25-8-17(11)31-10-20(21,22)23)13(3)28-9-14-15(27-28)4-5-24-18(14)19(30)26-7-12(2)29/h4-6,8-9,12-13,29H,7,10H2,1-3H3,(H,26,30). The lowest BCUT2D eigenvalue weighted by molar-refractivity contribution is -0.153. The zero-order valence-corrected chi connectivity index (χ0v) is 17.1. The van der Waals surface area contributed by atoms with E-state index in [9.17, 15) is 23.1 Å². The van der Waals surface area contributed by atoms with Gasteiger partial charge in [0, 0.05) is 18.9 Å². The van der Waals surface area contributed by atoms with Crippen LogP contribution in [0.5, 0.6) is 5.75 Å². The summed E-state index contributed by atoms with van der Waals surface area (Å²) in [5, 5.41) is 17.0. The van der Waals surface area contributed by atoms with Crippen molar-refractivity contribution in [3.8, 4) is 5.75 Å². The van der Waals surface area contributed by atoms with Gasteiger partial charge in [-0.15, -0.1) is 0 Å². The van der Waals surface area contributed by atoms with Crippen molar-refractivity contribution in [2.75, 3.05) is 13.2 Å². The van der Waals surface area contributed by atoms with Gasteiger partial charge in [-0.3, -0.25) is 19.4 Å². The second-order valence-corrected chi connectivity index (χ2v) is 7.22. The van der Waals surface area contributed by atoms with Crippen molar-refractivity contribution in [3.05, 3.63) is 47.7 Å². The molecule has 2 atom stereocenters. The Morgan fingerprint density at radius 3 is 2.71 bits per heavy atom. The number of aryl methyl sites for hydroxylation is 1. The van der Waals surface area contributed by atoms with Gasteiger partial charge in [-0.2, -0.15) is 18.3 Å². The maximum atomic E-state index is 12.4. The number of carbonyl (C=O) groups excluding carboxylic acids is 1. The zero-order chi connectivity index (χ0) is 22.8. The number of fused-ring (bicyclic) bond motifs is 1. The molecule has 1 amide bonds. The first-order chi connectivity index (χ1) is 14.5. The fourth-order valence-electron chi connectivity index (χ4n) is 2.91. The molecule has 166 valence electrons. The number of amides is 1. The predicted octanol–water partition coefficient (Wildman–Crippen LogP) is 2.80. The Bertz CT molecular complexity index is 1080. The quantitative estimate of drug-likeness (QED) is 0.589. The van der Waals surface area contributed by atoms with Gasteiger partial charge >= 0.3 is 6.18 Å². The molecule has 11 heteroatoms. The Morgan fingerprint density at radius 2 is 2.06 bits per heavy atom. The maximum absolute atomic E-state index is 12.4. The summed E-state index contributed by atoms with van der Waals surface area (Å²) in [5.41, 5.74) is 1.80. The van der Waals surface area contributed by atoms with Gasteiger partial charge in [0.2, 0.25) is 0 Å². The summed E-state index contributed by atoms with van der Waals surface area (Å²) in [4.78, 5) is 20.7. The van der Waals surface area contributed by atoms with Crippen LogP contribution in [-0.4, -0.2) is 56.2 Å². The van der Waals surface area contributed by atoms with Crippen molar-refractivity contribution in [2.24, 2.45) is 0 Å². The highest BCUT2D eigenvalue weighted by Gasteiger charge is 2.29. The average molecular weight is 437 g/mol. The first-order valence-electron chi connectivity index (χ1n) is 9.51. The van der Waals surface area contributed by atoms with E-state index in [2.05, 4.69) is 20.4 Å². The Hall–Kier alpha value is -3.21. The Morgan fingerprint density at radius 1 is 1.32 bits per heavy atom. The number of nitrogens with one attached hydrogen (secondary N) is 1. The minimum Gasteiger partial charge on any atom is -0.482 e. The maximum Gasteiger partial charge on any atom is 0.422 e. The monoisotopic (exact) mass is 437 g/mol. The van der Waals surface area contributed by atoms with Crippen LogP contribution in [0.25, 0.3) is 10.9 Å². The van der Waals surface area contributed by atoms with E-state index in [4.69, 9.17) is 4.74 Å². The molecule has 0 saturated carbocycles. The van der Waals surface area contributed by atoms with Crippen LogP contribution >= 0.6 is 0 Å². The van der Waals surface area contributed by atoms with Gasteiger partial charge in [-0.1, -0.05) is 0 Å². The van der Waals surface area contributed by atoms with Crippen molar-refractivity contribution in [2.45, 2.75) is 39.1 Å². The Balaban J connectivity index is 1.84. The lowest BCUT2D eigenvalue weighted by Crippen LogP contribution is -2.31. The largest absolute Gasteiger partial charge is 0.482 e. The number of halogens is 3. The van der Waals surface area contributed by atoms with Crippen LogP contribution in [0.3, 0.4) is 0 Å². The number of aliphatic hydroxyl groups excluding tert-OH is 1. The lowest BCUT2D eigenvalue weighted by Gasteiger charge is -2.15. The molecule has 31 heavy (non-hydrogen) atoms. The van der Waals surface area contributed by atoms with E-state index >= 15 is 0 Å². The average Bonchev–Trinajstić information content (AvgIpc) is 3.14. The van der Waals surface area contributed by atoms with E-state index < -0.39 is 24.8 Å². The molecule has 2 N–H and O–H groups in total.